The van der Waals surface area contributed by atoms with E-state index in [4.69, 9.17) is 11.6 Å². The van der Waals surface area contributed by atoms with Gasteiger partial charge in [-0.15, -0.1) is 11.3 Å². The van der Waals surface area contributed by atoms with E-state index in [2.05, 4.69) is 37.2 Å². The van der Waals surface area contributed by atoms with Gasteiger partial charge in [0, 0.05) is 19.4 Å². The number of nitrogens with one attached hydrogen (secondary N) is 1. The molecule has 2 nitrogen and oxygen atoms in total. The molecule has 1 amide bonds. The molecule has 2 aromatic rings. The number of carbonyl (C=O) groups is 1. The van der Waals surface area contributed by atoms with Gasteiger partial charge in [0.05, 0.1) is 10.4 Å². The maximum Gasteiger partial charge on any atom is 0.251 e. The lowest BCUT2D eigenvalue weighted by molar-refractivity contribution is 0.0940. The van der Waals surface area contributed by atoms with Crippen LogP contribution in [0.4, 0.5) is 0 Å². The molecule has 0 saturated heterocycles. The van der Waals surface area contributed by atoms with E-state index < -0.39 is 0 Å². The molecule has 1 aromatic heterocycles. The average molecular weight is 424 g/mol. The first-order chi connectivity index (χ1) is 8.95. The molecule has 0 aliphatic carbocycles. The molecule has 19 heavy (non-hydrogen) atoms. The van der Waals surface area contributed by atoms with Gasteiger partial charge in [0.1, 0.15) is 0 Å². The van der Waals surface area contributed by atoms with E-state index in [-0.39, 0.29) is 11.9 Å². The highest BCUT2D eigenvalue weighted by atomic mass is 79.9. The Kier molecular flexibility index (Phi) is 5.06. The third kappa shape index (κ3) is 4.05. The van der Waals surface area contributed by atoms with E-state index in [1.807, 2.05) is 25.1 Å². The summed E-state index contributed by atoms with van der Waals surface area (Å²) in [5, 5.41) is 2.95. The maximum atomic E-state index is 12.2. The maximum absolute atomic E-state index is 12.2. The van der Waals surface area contributed by atoms with Crippen molar-refractivity contribution < 1.29 is 4.79 Å². The van der Waals surface area contributed by atoms with Crippen LogP contribution in [-0.4, -0.2) is 5.91 Å². The summed E-state index contributed by atoms with van der Waals surface area (Å²) in [6, 6.07) is 9.15. The Balaban J connectivity index is 2.12. The number of carbonyl (C=O) groups excluding carboxylic acids is 1. The molecule has 0 saturated carbocycles. The number of hydrogen-bond donors (Lipinski definition) is 1. The van der Waals surface area contributed by atoms with Crippen LogP contribution in [0.5, 0.6) is 0 Å². The lowest BCUT2D eigenvalue weighted by Gasteiger charge is -2.12. The van der Waals surface area contributed by atoms with Gasteiger partial charge in [-0.05, 0) is 37.3 Å². The van der Waals surface area contributed by atoms with Gasteiger partial charge in [0.15, 0.2) is 0 Å². The highest BCUT2D eigenvalue weighted by Crippen LogP contribution is 2.27. The second kappa shape index (κ2) is 6.39. The van der Waals surface area contributed by atoms with Gasteiger partial charge >= 0.3 is 0 Å². The molecule has 0 spiro atoms. The van der Waals surface area contributed by atoms with Crippen LogP contribution in [0.25, 0.3) is 0 Å². The van der Waals surface area contributed by atoms with Crippen LogP contribution in [0.2, 0.25) is 4.34 Å². The molecular formula is C13H10Br2ClNOS. The molecule has 6 heteroatoms. The molecule has 0 fully saturated rings. The summed E-state index contributed by atoms with van der Waals surface area (Å²) in [7, 11) is 0. The molecule has 1 atom stereocenters. The fourth-order valence-corrected chi connectivity index (χ4v) is 3.95. The van der Waals surface area contributed by atoms with Gasteiger partial charge in [-0.1, -0.05) is 43.5 Å². The Bertz CT molecular complexity index is 594. The van der Waals surface area contributed by atoms with E-state index in [1.54, 1.807) is 12.1 Å². The average Bonchev–Trinajstić information content (AvgIpc) is 2.74. The lowest BCUT2D eigenvalue weighted by Crippen LogP contribution is -2.26. The van der Waals surface area contributed by atoms with Crippen molar-refractivity contribution in [3.8, 4) is 0 Å². The number of amides is 1. The normalized spacial score (nSPS) is 12.2. The second-order valence-corrected chi connectivity index (χ2v) is 7.57. The first-order valence-corrected chi connectivity index (χ1v) is 8.26. The Morgan fingerprint density at radius 3 is 2.42 bits per heavy atom. The van der Waals surface area contributed by atoms with Crippen LogP contribution in [0.15, 0.2) is 39.3 Å². The Labute approximate surface area is 137 Å². The highest BCUT2D eigenvalue weighted by molar-refractivity contribution is 9.11. The lowest BCUT2D eigenvalue weighted by atomic mass is 10.2. The minimum Gasteiger partial charge on any atom is -0.345 e. The van der Waals surface area contributed by atoms with Crippen LogP contribution < -0.4 is 5.32 Å². The van der Waals surface area contributed by atoms with Crippen molar-refractivity contribution in [3.05, 3.63) is 54.1 Å². The van der Waals surface area contributed by atoms with E-state index >= 15 is 0 Å². The van der Waals surface area contributed by atoms with Crippen molar-refractivity contribution in [3.63, 3.8) is 0 Å². The van der Waals surface area contributed by atoms with Gasteiger partial charge < -0.3 is 5.32 Å². The minimum absolute atomic E-state index is 0.0669. The van der Waals surface area contributed by atoms with Crippen LogP contribution in [0.3, 0.4) is 0 Å². The molecule has 1 N–H and O–H groups in total. The van der Waals surface area contributed by atoms with Crippen molar-refractivity contribution in [1.82, 2.24) is 5.32 Å². The van der Waals surface area contributed by atoms with Gasteiger partial charge in [0.25, 0.3) is 5.91 Å². The number of benzene rings is 1. The molecule has 0 aliphatic heterocycles. The smallest absolute Gasteiger partial charge is 0.251 e. The Morgan fingerprint density at radius 2 is 1.89 bits per heavy atom. The molecule has 100 valence electrons. The van der Waals surface area contributed by atoms with Gasteiger partial charge in [-0.2, -0.15) is 0 Å². The minimum atomic E-state index is -0.112. The first kappa shape index (κ1) is 15.0. The summed E-state index contributed by atoms with van der Waals surface area (Å²) in [6.45, 7) is 1.94. The van der Waals surface area contributed by atoms with Crippen molar-refractivity contribution in [2.24, 2.45) is 0 Å². The van der Waals surface area contributed by atoms with Gasteiger partial charge in [0.2, 0.25) is 0 Å². The molecule has 0 radical (unpaired) electrons. The van der Waals surface area contributed by atoms with Crippen LogP contribution in [0, 0.1) is 0 Å². The number of hydrogen-bond acceptors (Lipinski definition) is 2. The molecule has 1 unspecified atom stereocenters. The zero-order chi connectivity index (χ0) is 14.0. The highest BCUT2D eigenvalue weighted by Gasteiger charge is 2.14. The number of rotatable bonds is 3. The monoisotopic (exact) mass is 421 g/mol. The van der Waals surface area contributed by atoms with Gasteiger partial charge in [-0.3, -0.25) is 4.79 Å². The van der Waals surface area contributed by atoms with Crippen molar-refractivity contribution in [1.29, 1.82) is 0 Å². The fourth-order valence-electron chi connectivity index (χ4n) is 1.60. The number of halogens is 3. The Morgan fingerprint density at radius 1 is 1.26 bits per heavy atom. The van der Waals surface area contributed by atoms with E-state index in [9.17, 15) is 4.79 Å². The summed E-state index contributed by atoms with van der Waals surface area (Å²) in [5.74, 6) is -0.112. The predicted octanol–water partition coefficient (Wildman–Crippen LogP) is 5.42. The topological polar surface area (TPSA) is 29.1 Å². The molecule has 2 rings (SSSR count). The van der Waals surface area contributed by atoms with Crippen LogP contribution in [0.1, 0.15) is 28.2 Å². The van der Waals surface area contributed by atoms with Crippen molar-refractivity contribution in [2.45, 2.75) is 13.0 Å². The van der Waals surface area contributed by atoms with E-state index in [1.165, 1.54) is 11.3 Å². The largest absolute Gasteiger partial charge is 0.345 e. The zero-order valence-electron chi connectivity index (χ0n) is 9.91. The van der Waals surface area contributed by atoms with Crippen LogP contribution in [-0.2, 0) is 0 Å². The Hall–Kier alpha value is -0.360. The first-order valence-electron chi connectivity index (χ1n) is 5.48. The SMILES string of the molecule is CC(NC(=O)c1cc(Br)cc(Br)c1)c1ccc(Cl)s1. The zero-order valence-corrected chi connectivity index (χ0v) is 14.7. The molecular weight excluding hydrogens is 413 g/mol. The fraction of sp³-hybridized carbons (Fsp3) is 0.154. The summed E-state index contributed by atoms with van der Waals surface area (Å²) in [5.41, 5.74) is 0.607. The molecule has 0 bridgehead atoms. The van der Waals surface area contributed by atoms with Crippen molar-refractivity contribution in [2.75, 3.05) is 0 Å². The quantitative estimate of drug-likeness (QED) is 0.702. The van der Waals surface area contributed by atoms with E-state index in [0.717, 1.165) is 18.2 Å². The van der Waals surface area contributed by atoms with E-state index in [0.29, 0.717) is 5.56 Å². The van der Waals surface area contributed by atoms with Crippen molar-refractivity contribution >= 4 is 60.7 Å². The third-order valence-corrected chi connectivity index (χ3v) is 4.82. The summed E-state index contributed by atoms with van der Waals surface area (Å²) >= 11 is 14.1. The predicted molar refractivity (Wildman–Crippen MR) is 87.1 cm³/mol. The summed E-state index contributed by atoms with van der Waals surface area (Å²) in [6.07, 6.45) is 0. The van der Waals surface area contributed by atoms with Crippen LogP contribution >= 0.6 is 54.8 Å². The number of thiophene rings is 1. The second-order valence-electron chi connectivity index (χ2n) is 4.00. The molecule has 1 aromatic carbocycles. The summed E-state index contributed by atoms with van der Waals surface area (Å²) < 4.78 is 2.44. The molecule has 1 heterocycles. The summed E-state index contributed by atoms with van der Waals surface area (Å²) in [4.78, 5) is 13.2. The standard InChI is InChI=1S/C13H10Br2ClNOS/c1-7(11-2-3-12(16)19-11)17-13(18)8-4-9(14)6-10(15)5-8/h2-7H,1H3,(H,17,18). The van der Waals surface area contributed by atoms with Gasteiger partial charge in [-0.25, -0.2) is 0 Å². The molecule has 0 aliphatic rings. The third-order valence-electron chi connectivity index (χ3n) is 2.49.